The molecule has 1 rings (SSSR count). The molecular weight excluding hydrogens is 306 g/mol. The van der Waals surface area contributed by atoms with Crippen LogP contribution >= 0.6 is 11.3 Å². The maximum Gasteiger partial charge on any atom is 0.345 e. The Balaban J connectivity index is 2.58. The van der Waals surface area contributed by atoms with Crippen LogP contribution in [0.3, 0.4) is 0 Å². The fraction of sp³-hybridized carbons (Fsp3) is 0.545. The number of nitrogens with one attached hydrogen (secondary N) is 1. The van der Waals surface area contributed by atoms with Gasteiger partial charge in [0.05, 0.1) is 18.1 Å². The van der Waals surface area contributed by atoms with Crippen LogP contribution in [0.5, 0.6) is 0 Å². The Labute approximate surface area is 121 Å². The second-order valence-electron chi connectivity index (χ2n) is 3.92. The second kappa shape index (κ2) is 7.70. The number of carboxylic acids is 1. The van der Waals surface area contributed by atoms with E-state index in [4.69, 9.17) is 14.9 Å². The van der Waals surface area contributed by atoms with Gasteiger partial charge in [0.25, 0.3) is 0 Å². The Morgan fingerprint density at radius 1 is 1.45 bits per heavy atom. The quantitative estimate of drug-likeness (QED) is 0.568. The van der Waals surface area contributed by atoms with E-state index in [0.29, 0.717) is 17.9 Å². The molecule has 0 aliphatic heterocycles. The summed E-state index contributed by atoms with van der Waals surface area (Å²) in [5, 5.41) is 17.3. The number of aliphatic hydroxyl groups excluding tert-OH is 1. The fourth-order valence-corrected chi connectivity index (χ4v) is 3.96. The van der Waals surface area contributed by atoms with E-state index in [9.17, 15) is 13.2 Å². The summed E-state index contributed by atoms with van der Waals surface area (Å²) in [6.07, 6.45) is 0.466. The number of hydrogen-bond donors (Lipinski definition) is 3. The Morgan fingerprint density at radius 2 is 2.15 bits per heavy atom. The summed E-state index contributed by atoms with van der Waals surface area (Å²) in [6, 6.07) is 1.16. The van der Waals surface area contributed by atoms with Crippen LogP contribution < -0.4 is 4.72 Å². The van der Waals surface area contributed by atoms with Crippen molar-refractivity contribution in [3.8, 4) is 0 Å². The number of ether oxygens (including phenoxy) is 1. The SMILES string of the molecule is Cc1sc(C(=O)O)cc1S(=O)(=O)NCCCOCCO. The van der Waals surface area contributed by atoms with E-state index in [1.165, 1.54) is 0 Å². The Bertz CT molecular complexity index is 551. The van der Waals surface area contributed by atoms with Gasteiger partial charge in [-0.1, -0.05) is 0 Å². The summed E-state index contributed by atoms with van der Waals surface area (Å²) < 4.78 is 31.4. The molecule has 9 heteroatoms. The Morgan fingerprint density at radius 3 is 2.70 bits per heavy atom. The van der Waals surface area contributed by atoms with E-state index in [2.05, 4.69) is 4.72 Å². The average Bonchev–Trinajstić information content (AvgIpc) is 2.77. The third kappa shape index (κ3) is 4.84. The number of hydrogen-bond acceptors (Lipinski definition) is 6. The van der Waals surface area contributed by atoms with Crippen LogP contribution in [-0.4, -0.2) is 51.0 Å². The van der Waals surface area contributed by atoms with E-state index in [0.717, 1.165) is 17.4 Å². The van der Waals surface area contributed by atoms with Crippen molar-refractivity contribution in [3.05, 3.63) is 15.8 Å². The number of rotatable bonds is 9. The molecule has 1 aromatic heterocycles. The standard InChI is InChI=1S/C11H17NO6S2/c1-8-10(7-9(19-8)11(14)15)20(16,17)12-3-2-5-18-6-4-13/h7,12-13H,2-6H2,1H3,(H,14,15). The lowest BCUT2D eigenvalue weighted by Crippen LogP contribution is -2.25. The third-order valence-corrected chi connectivity index (χ3v) is 5.12. The van der Waals surface area contributed by atoms with Crippen LogP contribution in [0, 0.1) is 6.92 Å². The van der Waals surface area contributed by atoms with Crippen molar-refractivity contribution in [2.24, 2.45) is 0 Å². The van der Waals surface area contributed by atoms with Gasteiger partial charge in [-0.25, -0.2) is 17.9 Å². The Kier molecular flexibility index (Phi) is 6.56. The average molecular weight is 323 g/mol. The van der Waals surface area contributed by atoms with Crippen LogP contribution in [0.25, 0.3) is 0 Å². The fourth-order valence-electron chi connectivity index (χ4n) is 1.46. The van der Waals surface area contributed by atoms with Crippen LogP contribution in [0.1, 0.15) is 21.0 Å². The molecule has 0 aliphatic rings. The molecule has 3 N–H and O–H groups in total. The molecule has 0 aromatic carbocycles. The van der Waals surface area contributed by atoms with Gasteiger partial charge in [-0.3, -0.25) is 0 Å². The lowest BCUT2D eigenvalue weighted by molar-refractivity contribution is 0.0702. The largest absolute Gasteiger partial charge is 0.477 e. The highest BCUT2D eigenvalue weighted by molar-refractivity contribution is 7.89. The first-order valence-electron chi connectivity index (χ1n) is 5.90. The zero-order valence-electron chi connectivity index (χ0n) is 11.0. The first kappa shape index (κ1) is 17.1. The molecule has 0 bridgehead atoms. The smallest absolute Gasteiger partial charge is 0.345 e. The van der Waals surface area contributed by atoms with Crippen LogP contribution in [0.15, 0.2) is 11.0 Å². The Hall–Kier alpha value is -1.00. The molecule has 0 aliphatic carbocycles. The van der Waals surface area contributed by atoms with E-state index >= 15 is 0 Å². The zero-order chi connectivity index (χ0) is 15.2. The molecule has 0 unspecified atom stereocenters. The number of aliphatic hydroxyl groups is 1. The summed E-state index contributed by atoms with van der Waals surface area (Å²) >= 11 is 0.928. The second-order valence-corrected chi connectivity index (χ2v) is 6.92. The first-order valence-corrected chi connectivity index (χ1v) is 8.20. The number of carboxylic acid groups (broad SMARTS) is 1. The van der Waals surface area contributed by atoms with Gasteiger partial charge in [0, 0.05) is 18.0 Å². The predicted octanol–water partition coefficient (Wildman–Crippen LogP) is 0.432. The highest BCUT2D eigenvalue weighted by Crippen LogP contribution is 2.25. The summed E-state index contributed by atoms with van der Waals surface area (Å²) in [5.74, 6) is -1.14. The molecule has 0 radical (unpaired) electrons. The number of aromatic carboxylic acids is 1. The summed E-state index contributed by atoms with van der Waals surface area (Å²) in [6.45, 7) is 2.24. The highest BCUT2D eigenvalue weighted by Gasteiger charge is 2.21. The van der Waals surface area contributed by atoms with Crippen molar-refractivity contribution >= 4 is 27.3 Å². The van der Waals surface area contributed by atoms with Crippen molar-refractivity contribution in [3.63, 3.8) is 0 Å². The summed E-state index contributed by atoms with van der Waals surface area (Å²) in [5.41, 5.74) is 0. The van der Waals surface area contributed by atoms with Gasteiger partial charge < -0.3 is 14.9 Å². The molecule has 1 heterocycles. The summed E-state index contributed by atoms with van der Waals surface area (Å²) in [4.78, 5) is 11.2. The molecule has 7 nitrogen and oxygen atoms in total. The van der Waals surface area contributed by atoms with Gasteiger partial charge in [0.2, 0.25) is 10.0 Å². The van der Waals surface area contributed by atoms with E-state index in [-0.39, 0.29) is 29.5 Å². The van der Waals surface area contributed by atoms with Crippen molar-refractivity contribution < 1.29 is 28.2 Å². The minimum Gasteiger partial charge on any atom is -0.477 e. The van der Waals surface area contributed by atoms with Crippen molar-refractivity contribution in [1.82, 2.24) is 4.72 Å². The molecule has 0 atom stereocenters. The lowest BCUT2D eigenvalue weighted by atomic mass is 10.4. The van der Waals surface area contributed by atoms with Crippen molar-refractivity contribution in [1.29, 1.82) is 0 Å². The van der Waals surface area contributed by atoms with Gasteiger partial charge in [0.15, 0.2) is 0 Å². The molecule has 0 saturated carbocycles. The zero-order valence-corrected chi connectivity index (χ0v) is 12.6. The van der Waals surface area contributed by atoms with Gasteiger partial charge in [-0.2, -0.15) is 0 Å². The van der Waals surface area contributed by atoms with Crippen LogP contribution in [0.4, 0.5) is 0 Å². The van der Waals surface area contributed by atoms with Gasteiger partial charge in [-0.15, -0.1) is 11.3 Å². The molecule has 0 spiro atoms. The summed E-state index contributed by atoms with van der Waals surface area (Å²) in [7, 11) is -3.70. The van der Waals surface area contributed by atoms with E-state index in [1.54, 1.807) is 6.92 Å². The number of carbonyl (C=O) groups is 1. The first-order chi connectivity index (χ1) is 9.38. The maximum atomic E-state index is 12.0. The van der Waals surface area contributed by atoms with Crippen molar-refractivity contribution in [2.45, 2.75) is 18.2 Å². The van der Waals surface area contributed by atoms with E-state index in [1.807, 2.05) is 0 Å². The molecule has 20 heavy (non-hydrogen) atoms. The molecule has 0 saturated heterocycles. The number of thiophene rings is 1. The number of aryl methyl sites for hydroxylation is 1. The topological polar surface area (TPSA) is 113 Å². The minimum absolute atomic E-state index is 0.00354. The molecule has 0 fully saturated rings. The van der Waals surface area contributed by atoms with Crippen LogP contribution in [-0.2, 0) is 14.8 Å². The van der Waals surface area contributed by atoms with E-state index < -0.39 is 16.0 Å². The van der Waals surface area contributed by atoms with Crippen molar-refractivity contribution in [2.75, 3.05) is 26.4 Å². The molecular formula is C11H17NO6S2. The monoisotopic (exact) mass is 323 g/mol. The van der Waals surface area contributed by atoms with Crippen LogP contribution in [0.2, 0.25) is 0 Å². The number of sulfonamides is 1. The molecule has 1 aromatic rings. The minimum atomic E-state index is -3.70. The molecule has 114 valence electrons. The predicted molar refractivity (Wildman–Crippen MR) is 73.7 cm³/mol. The highest BCUT2D eigenvalue weighted by atomic mass is 32.2. The normalized spacial score (nSPS) is 11.7. The third-order valence-electron chi connectivity index (χ3n) is 2.37. The maximum absolute atomic E-state index is 12.0. The van der Waals surface area contributed by atoms with Gasteiger partial charge in [-0.05, 0) is 19.4 Å². The molecule has 0 amide bonds. The van der Waals surface area contributed by atoms with Gasteiger partial charge in [0.1, 0.15) is 4.88 Å². The van der Waals surface area contributed by atoms with Gasteiger partial charge >= 0.3 is 5.97 Å². The lowest BCUT2D eigenvalue weighted by Gasteiger charge is -2.06.